The molecule has 0 radical (unpaired) electrons. The summed E-state index contributed by atoms with van der Waals surface area (Å²) in [5, 5.41) is 12.8. The Kier molecular flexibility index (Phi) is 5.92. The molecule has 0 unspecified atom stereocenters. The third-order valence-corrected chi connectivity index (χ3v) is 6.11. The van der Waals surface area contributed by atoms with Crippen molar-refractivity contribution < 1.29 is 14.3 Å². The van der Waals surface area contributed by atoms with Crippen LogP contribution < -0.4 is 10.2 Å². The van der Waals surface area contributed by atoms with Gasteiger partial charge in [-0.3, -0.25) is 4.79 Å². The van der Waals surface area contributed by atoms with Crippen LogP contribution in [0.1, 0.15) is 36.0 Å². The summed E-state index contributed by atoms with van der Waals surface area (Å²) in [6.07, 6.45) is 4.67. The number of anilines is 2. The van der Waals surface area contributed by atoms with E-state index in [9.17, 15) is 14.3 Å². The highest BCUT2D eigenvalue weighted by Gasteiger charge is 2.27. The van der Waals surface area contributed by atoms with Gasteiger partial charge in [-0.2, -0.15) is 0 Å². The van der Waals surface area contributed by atoms with Gasteiger partial charge in [0.15, 0.2) is 0 Å². The van der Waals surface area contributed by atoms with E-state index >= 15 is 0 Å². The van der Waals surface area contributed by atoms with E-state index in [1.165, 1.54) is 50.2 Å². The second kappa shape index (κ2) is 8.59. The quantitative estimate of drug-likeness (QED) is 0.769. The number of benzene rings is 2. The SMILES string of the molecule is O=C(Nc1ccc(N2CCC(N3CCCC3)CC2)c(F)c1)c1cc(Cl)ccc1O. The van der Waals surface area contributed by atoms with Crippen LogP contribution in [0, 0.1) is 5.82 Å². The highest BCUT2D eigenvalue weighted by atomic mass is 35.5. The van der Waals surface area contributed by atoms with E-state index in [-0.39, 0.29) is 17.1 Å². The maximum Gasteiger partial charge on any atom is 0.259 e. The number of piperidine rings is 1. The van der Waals surface area contributed by atoms with Gasteiger partial charge < -0.3 is 20.2 Å². The summed E-state index contributed by atoms with van der Waals surface area (Å²) in [6.45, 7) is 4.05. The van der Waals surface area contributed by atoms with Crippen LogP contribution in [-0.2, 0) is 0 Å². The summed E-state index contributed by atoms with van der Waals surface area (Å²) >= 11 is 5.89. The van der Waals surface area contributed by atoms with E-state index in [1.54, 1.807) is 12.1 Å². The Hall–Kier alpha value is -2.31. The van der Waals surface area contributed by atoms with Gasteiger partial charge in [-0.25, -0.2) is 4.39 Å². The molecule has 2 aliphatic heterocycles. The molecule has 2 aromatic rings. The third kappa shape index (κ3) is 4.49. The number of aromatic hydroxyl groups is 1. The van der Waals surface area contributed by atoms with Gasteiger partial charge in [0.2, 0.25) is 0 Å². The number of rotatable bonds is 4. The molecule has 4 rings (SSSR count). The average molecular weight is 418 g/mol. The molecule has 2 heterocycles. The Labute approximate surface area is 175 Å². The molecule has 2 saturated heterocycles. The number of phenols is 1. The van der Waals surface area contributed by atoms with E-state index in [0.29, 0.717) is 22.4 Å². The van der Waals surface area contributed by atoms with E-state index in [2.05, 4.69) is 15.1 Å². The van der Waals surface area contributed by atoms with Crippen molar-refractivity contribution in [2.45, 2.75) is 31.7 Å². The van der Waals surface area contributed by atoms with E-state index in [0.717, 1.165) is 25.9 Å². The Bertz CT molecular complexity index is 894. The zero-order chi connectivity index (χ0) is 20.4. The summed E-state index contributed by atoms with van der Waals surface area (Å²) < 4.78 is 14.8. The maximum absolute atomic E-state index is 14.8. The van der Waals surface area contributed by atoms with Gasteiger partial charge >= 0.3 is 0 Å². The number of amides is 1. The molecule has 2 aromatic carbocycles. The fourth-order valence-electron chi connectivity index (χ4n) is 4.31. The summed E-state index contributed by atoms with van der Waals surface area (Å²) in [7, 11) is 0. The molecule has 0 spiro atoms. The number of nitrogens with zero attached hydrogens (tertiary/aromatic N) is 2. The number of halogens is 2. The van der Waals surface area contributed by atoms with Gasteiger partial charge in [0.1, 0.15) is 11.6 Å². The molecule has 0 bridgehead atoms. The van der Waals surface area contributed by atoms with Crippen LogP contribution in [0.5, 0.6) is 5.75 Å². The number of carbonyl (C=O) groups excluding carboxylic acids is 1. The van der Waals surface area contributed by atoms with Crippen LogP contribution >= 0.6 is 11.6 Å². The van der Waals surface area contributed by atoms with Crippen molar-refractivity contribution in [3.05, 3.63) is 52.8 Å². The zero-order valence-corrected chi connectivity index (χ0v) is 17.0. The fourth-order valence-corrected chi connectivity index (χ4v) is 4.48. The van der Waals surface area contributed by atoms with E-state index in [4.69, 9.17) is 11.6 Å². The van der Waals surface area contributed by atoms with Crippen molar-refractivity contribution in [1.29, 1.82) is 0 Å². The maximum atomic E-state index is 14.8. The summed E-state index contributed by atoms with van der Waals surface area (Å²) in [5.74, 6) is -1.08. The van der Waals surface area contributed by atoms with Gasteiger partial charge in [-0.15, -0.1) is 0 Å². The van der Waals surface area contributed by atoms with Crippen molar-refractivity contribution in [1.82, 2.24) is 4.90 Å². The van der Waals surface area contributed by atoms with Crippen LogP contribution in [0.25, 0.3) is 0 Å². The molecule has 0 aliphatic carbocycles. The number of hydrogen-bond donors (Lipinski definition) is 2. The van der Waals surface area contributed by atoms with Crippen LogP contribution in [0.15, 0.2) is 36.4 Å². The Morgan fingerprint density at radius 3 is 2.48 bits per heavy atom. The molecule has 154 valence electrons. The number of hydrogen-bond acceptors (Lipinski definition) is 4. The predicted octanol–water partition coefficient (Wildman–Crippen LogP) is 4.50. The van der Waals surface area contributed by atoms with E-state index < -0.39 is 5.91 Å². The van der Waals surface area contributed by atoms with Gasteiger partial charge in [-0.05, 0) is 75.2 Å². The first-order valence-electron chi connectivity index (χ1n) is 10.1. The van der Waals surface area contributed by atoms with E-state index in [1.807, 2.05) is 0 Å². The highest BCUT2D eigenvalue weighted by Crippen LogP contribution is 2.29. The largest absolute Gasteiger partial charge is 0.507 e. The lowest BCUT2D eigenvalue weighted by atomic mass is 10.0. The van der Waals surface area contributed by atoms with Crippen molar-refractivity contribution in [3.63, 3.8) is 0 Å². The van der Waals surface area contributed by atoms with Crippen molar-refractivity contribution in [2.24, 2.45) is 0 Å². The first kappa shape index (κ1) is 20.0. The smallest absolute Gasteiger partial charge is 0.259 e. The lowest BCUT2D eigenvalue weighted by molar-refractivity contribution is 0.102. The third-order valence-electron chi connectivity index (χ3n) is 5.87. The number of phenolic OH excluding ortho intramolecular Hbond substituents is 1. The second-order valence-electron chi connectivity index (χ2n) is 7.74. The Balaban J connectivity index is 1.40. The minimum atomic E-state index is -0.538. The highest BCUT2D eigenvalue weighted by molar-refractivity contribution is 6.31. The molecule has 5 nitrogen and oxygen atoms in total. The lowest BCUT2D eigenvalue weighted by Gasteiger charge is -2.38. The summed E-state index contributed by atoms with van der Waals surface area (Å²) in [5.41, 5.74) is 0.946. The van der Waals surface area contributed by atoms with Crippen molar-refractivity contribution >= 4 is 28.9 Å². The van der Waals surface area contributed by atoms with Crippen LogP contribution in [0.2, 0.25) is 5.02 Å². The van der Waals surface area contributed by atoms with Gasteiger partial charge in [0, 0.05) is 29.8 Å². The van der Waals surface area contributed by atoms with Crippen LogP contribution in [-0.4, -0.2) is 48.1 Å². The first-order valence-corrected chi connectivity index (χ1v) is 10.5. The van der Waals surface area contributed by atoms with Crippen LogP contribution in [0.4, 0.5) is 15.8 Å². The molecule has 7 heteroatoms. The summed E-state index contributed by atoms with van der Waals surface area (Å²) in [4.78, 5) is 17.0. The monoisotopic (exact) mass is 417 g/mol. The fraction of sp³-hybridized carbons (Fsp3) is 0.409. The molecule has 0 saturated carbocycles. The number of likely N-dealkylation sites (tertiary alicyclic amines) is 1. The average Bonchev–Trinajstić information content (AvgIpc) is 3.25. The van der Waals surface area contributed by atoms with Crippen LogP contribution in [0.3, 0.4) is 0 Å². The molecule has 0 aromatic heterocycles. The molecule has 2 fully saturated rings. The minimum absolute atomic E-state index is 0.0472. The van der Waals surface area contributed by atoms with Crippen molar-refractivity contribution in [2.75, 3.05) is 36.4 Å². The Morgan fingerprint density at radius 1 is 1.07 bits per heavy atom. The molecule has 2 N–H and O–H groups in total. The van der Waals surface area contributed by atoms with Gasteiger partial charge in [0.25, 0.3) is 5.91 Å². The molecule has 29 heavy (non-hydrogen) atoms. The predicted molar refractivity (Wildman–Crippen MR) is 114 cm³/mol. The second-order valence-corrected chi connectivity index (χ2v) is 8.18. The molecular formula is C22H25ClFN3O2. The Morgan fingerprint density at radius 2 is 1.79 bits per heavy atom. The molecular weight excluding hydrogens is 393 g/mol. The number of carbonyl (C=O) groups is 1. The molecule has 1 amide bonds. The standard InChI is InChI=1S/C22H25ClFN3O2/c23-15-3-6-21(28)18(13-15)22(29)25-16-4-5-20(19(24)14-16)27-11-7-17(8-12-27)26-9-1-2-10-26/h3-6,13-14,17,28H,1-2,7-12H2,(H,25,29). The van der Waals surface area contributed by atoms with Gasteiger partial charge in [0.05, 0.1) is 11.3 Å². The number of nitrogens with one attached hydrogen (secondary N) is 1. The first-order chi connectivity index (χ1) is 14.0. The van der Waals surface area contributed by atoms with Crippen molar-refractivity contribution in [3.8, 4) is 5.75 Å². The normalized spacial score (nSPS) is 18.2. The summed E-state index contributed by atoms with van der Waals surface area (Å²) in [6, 6.07) is 9.55. The lowest BCUT2D eigenvalue weighted by Crippen LogP contribution is -2.44. The zero-order valence-electron chi connectivity index (χ0n) is 16.2. The minimum Gasteiger partial charge on any atom is -0.507 e. The topological polar surface area (TPSA) is 55.8 Å². The molecule has 2 aliphatic rings. The molecule has 0 atom stereocenters. The van der Waals surface area contributed by atoms with Gasteiger partial charge in [-0.1, -0.05) is 11.6 Å².